The Hall–Kier alpha value is -3.42. The van der Waals surface area contributed by atoms with Gasteiger partial charge in [-0.05, 0) is 17.6 Å². The topological polar surface area (TPSA) is 82.1 Å². The Balaban J connectivity index is 1.47. The van der Waals surface area contributed by atoms with Crippen LogP contribution in [-0.4, -0.2) is 42.6 Å². The molecular formula is C21H23N5O3. The van der Waals surface area contributed by atoms with Gasteiger partial charge in [-0.2, -0.15) is 0 Å². The number of carbonyl (C=O) groups excluding carboxylic acids is 1. The first kappa shape index (κ1) is 18.9. The van der Waals surface area contributed by atoms with Crippen LogP contribution in [0.4, 0.5) is 0 Å². The van der Waals surface area contributed by atoms with E-state index >= 15 is 0 Å². The average molecular weight is 393 g/mol. The molecule has 1 aromatic carbocycles. The van der Waals surface area contributed by atoms with Gasteiger partial charge in [0.15, 0.2) is 11.2 Å². The van der Waals surface area contributed by atoms with Crippen LogP contribution in [0, 0.1) is 0 Å². The smallest absolute Gasteiger partial charge is 0.332 e. The van der Waals surface area contributed by atoms with Crippen LogP contribution < -0.4 is 11.2 Å². The van der Waals surface area contributed by atoms with Crippen LogP contribution in [0.1, 0.15) is 18.4 Å². The summed E-state index contributed by atoms with van der Waals surface area (Å²) in [4.78, 5) is 43.2. The molecule has 0 saturated carbocycles. The van der Waals surface area contributed by atoms with Gasteiger partial charge >= 0.3 is 5.69 Å². The zero-order chi connectivity index (χ0) is 20.5. The van der Waals surface area contributed by atoms with E-state index in [1.807, 2.05) is 23.1 Å². The third-order valence-corrected chi connectivity index (χ3v) is 5.49. The third kappa shape index (κ3) is 3.41. The van der Waals surface area contributed by atoms with Crippen molar-refractivity contribution >= 4 is 22.6 Å². The van der Waals surface area contributed by atoms with Gasteiger partial charge in [-0.25, -0.2) is 9.78 Å². The van der Waals surface area contributed by atoms with Crippen molar-refractivity contribution in [2.24, 2.45) is 14.1 Å². The quantitative estimate of drug-likeness (QED) is 0.666. The highest BCUT2D eigenvalue weighted by Gasteiger charge is 2.19. The Morgan fingerprint density at radius 2 is 1.86 bits per heavy atom. The maximum absolute atomic E-state index is 12.7. The number of carbonyl (C=O) groups is 1. The number of hydrogen-bond acceptors (Lipinski definition) is 4. The lowest BCUT2D eigenvalue weighted by Gasteiger charge is -2.27. The summed E-state index contributed by atoms with van der Waals surface area (Å²) in [5.41, 5.74) is 2.32. The fraction of sp³-hybridized carbons (Fsp3) is 0.333. The Morgan fingerprint density at radius 3 is 2.55 bits per heavy atom. The predicted octanol–water partition coefficient (Wildman–Crippen LogP) is 1.14. The molecular weight excluding hydrogens is 370 g/mol. The maximum Gasteiger partial charge on any atom is 0.332 e. The summed E-state index contributed by atoms with van der Waals surface area (Å²) in [6.45, 7) is 1.61. The standard InChI is InChI=1S/C21H23N5O3/c1-23-19-18(20(28)24(2)21(23)29)26(14-22-19)13-10-17(27)25-11-8-16(9-12-25)15-6-4-3-5-7-15/h3-8,14H,9-13H2,1-2H3. The number of aromatic nitrogens is 4. The number of aryl methyl sites for hydroxylation is 2. The Bertz CT molecular complexity index is 1220. The van der Waals surface area contributed by atoms with Gasteiger partial charge in [0.25, 0.3) is 5.56 Å². The molecule has 8 heteroatoms. The molecule has 2 aromatic heterocycles. The molecule has 0 fully saturated rings. The molecule has 0 unspecified atom stereocenters. The van der Waals surface area contributed by atoms with Crippen molar-refractivity contribution in [1.29, 1.82) is 0 Å². The highest BCUT2D eigenvalue weighted by Crippen LogP contribution is 2.22. The van der Waals surface area contributed by atoms with Crippen LogP contribution in [0.2, 0.25) is 0 Å². The zero-order valence-electron chi connectivity index (χ0n) is 16.5. The lowest BCUT2D eigenvalue weighted by atomic mass is 9.99. The van der Waals surface area contributed by atoms with Gasteiger partial charge in [0, 0.05) is 40.2 Å². The molecule has 4 rings (SSSR count). The van der Waals surface area contributed by atoms with Crippen molar-refractivity contribution in [3.8, 4) is 0 Å². The number of rotatable bonds is 4. The average Bonchev–Trinajstić information content (AvgIpc) is 3.19. The Labute approximate surface area is 167 Å². The molecule has 0 saturated heterocycles. The second-order valence-electron chi connectivity index (χ2n) is 7.25. The number of amides is 1. The molecule has 0 bridgehead atoms. The first-order valence-electron chi connectivity index (χ1n) is 9.60. The van der Waals surface area contributed by atoms with Crippen molar-refractivity contribution in [2.75, 3.05) is 13.1 Å². The van der Waals surface area contributed by atoms with Crippen molar-refractivity contribution < 1.29 is 4.79 Å². The van der Waals surface area contributed by atoms with Crippen molar-refractivity contribution in [2.45, 2.75) is 19.4 Å². The molecule has 0 atom stereocenters. The van der Waals surface area contributed by atoms with E-state index in [1.54, 1.807) is 11.6 Å². The van der Waals surface area contributed by atoms with Crippen LogP contribution >= 0.6 is 0 Å². The van der Waals surface area contributed by atoms with E-state index in [-0.39, 0.29) is 12.3 Å². The largest absolute Gasteiger partial charge is 0.339 e. The van der Waals surface area contributed by atoms with E-state index in [1.165, 1.54) is 29.1 Å². The maximum atomic E-state index is 12.7. The zero-order valence-corrected chi connectivity index (χ0v) is 16.5. The van der Waals surface area contributed by atoms with Crippen molar-refractivity contribution in [3.63, 3.8) is 0 Å². The number of benzene rings is 1. The number of imidazole rings is 1. The number of fused-ring (bicyclic) bond motifs is 1. The van der Waals surface area contributed by atoms with Crippen LogP contribution in [0.25, 0.3) is 16.7 Å². The summed E-state index contributed by atoms with van der Waals surface area (Å²) in [5, 5.41) is 0. The highest BCUT2D eigenvalue weighted by molar-refractivity contribution is 5.78. The van der Waals surface area contributed by atoms with Crippen LogP contribution in [0.15, 0.2) is 52.3 Å². The molecule has 8 nitrogen and oxygen atoms in total. The molecule has 1 amide bonds. The monoisotopic (exact) mass is 393 g/mol. The minimum atomic E-state index is -0.418. The first-order chi connectivity index (χ1) is 14.0. The van der Waals surface area contributed by atoms with Crippen LogP contribution in [0.3, 0.4) is 0 Å². The molecule has 0 aliphatic carbocycles. The van der Waals surface area contributed by atoms with Crippen molar-refractivity contribution in [3.05, 3.63) is 69.1 Å². The summed E-state index contributed by atoms with van der Waals surface area (Å²) >= 11 is 0. The normalized spacial score (nSPS) is 14.3. The number of hydrogen-bond donors (Lipinski definition) is 0. The highest BCUT2D eigenvalue weighted by atomic mass is 16.2. The molecule has 29 heavy (non-hydrogen) atoms. The van der Waals surface area contributed by atoms with Gasteiger partial charge < -0.3 is 9.47 Å². The van der Waals surface area contributed by atoms with Gasteiger partial charge in [0.2, 0.25) is 5.91 Å². The van der Waals surface area contributed by atoms with Crippen LogP contribution in [0.5, 0.6) is 0 Å². The van der Waals surface area contributed by atoms with Crippen molar-refractivity contribution in [1.82, 2.24) is 23.6 Å². The van der Waals surface area contributed by atoms with Crippen LogP contribution in [-0.2, 0) is 25.4 Å². The van der Waals surface area contributed by atoms with E-state index in [0.717, 1.165) is 11.0 Å². The minimum Gasteiger partial charge on any atom is -0.339 e. The summed E-state index contributed by atoms with van der Waals surface area (Å²) in [6.07, 6.45) is 4.72. The molecule has 1 aliphatic rings. The summed E-state index contributed by atoms with van der Waals surface area (Å²) in [5.74, 6) is 0.0388. The van der Waals surface area contributed by atoms with Gasteiger partial charge in [-0.15, -0.1) is 0 Å². The molecule has 1 aliphatic heterocycles. The van der Waals surface area contributed by atoms with E-state index in [2.05, 4.69) is 23.2 Å². The Morgan fingerprint density at radius 1 is 1.10 bits per heavy atom. The second kappa shape index (κ2) is 7.54. The van der Waals surface area contributed by atoms with Gasteiger partial charge in [-0.3, -0.25) is 18.7 Å². The molecule has 0 N–H and O–H groups in total. The SMILES string of the molecule is Cn1c(=O)c2c(ncn2CCC(=O)N2CC=C(c3ccccc3)CC2)n(C)c1=O. The second-order valence-corrected chi connectivity index (χ2v) is 7.25. The molecule has 0 radical (unpaired) electrons. The summed E-state index contributed by atoms with van der Waals surface area (Å²) < 4.78 is 4.06. The van der Waals surface area contributed by atoms with E-state index in [9.17, 15) is 14.4 Å². The molecule has 150 valence electrons. The first-order valence-corrected chi connectivity index (χ1v) is 9.60. The van der Waals surface area contributed by atoms with E-state index in [0.29, 0.717) is 30.8 Å². The summed E-state index contributed by atoms with van der Waals surface area (Å²) in [6, 6.07) is 10.2. The molecule has 3 aromatic rings. The fourth-order valence-electron chi connectivity index (χ4n) is 3.75. The molecule has 0 spiro atoms. The summed E-state index contributed by atoms with van der Waals surface area (Å²) in [7, 11) is 3.02. The van der Waals surface area contributed by atoms with Gasteiger partial charge in [-0.1, -0.05) is 36.4 Å². The fourth-order valence-corrected chi connectivity index (χ4v) is 3.75. The van der Waals surface area contributed by atoms with Gasteiger partial charge in [0.1, 0.15) is 0 Å². The van der Waals surface area contributed by atoms with E-state index < -0.39 is 11.2 Å². The number of nitrogens with zero attached hydrogens (tertiary/aromatic N) is 5. The minimum absolute atomic E-state index is 0.0388. The van der Waals surface area contributed by atoms with E-state index in [4.69, 9.17) is 0 Å². The van der Waals surface area contributed by atoms with Gasteiger partial charge in [0.05, 0.1) is 6.33 Å². The lowest BCUT2D eigenvalue weighted by Crippen LogP contribution is -2.38. The molecule has 3 heterocycles. The Kier molecular flexibility index (Phi) is 4.92. The third-order valence-electron chi connectivity index (χ3n) is 5.49. The lowest BCUT2D eigenvalue weighted by molar-refractivity contribution is -0.131. The predicted molar refractivity (Wildman–Crippen MR) is 110 cm³/mol.